The molecule has 70 valence electrons. The summed E-state index contributed by atoms with van der Waals surface area (Å²) in [6.07, 6.45) is 1.34. The maximum Gasteiger partial charge on any atom is 0.159 e. The molecule has 1 rings (SSSR count). The molecule has 1 aromatic rings. The first kappa shape index (κ1) is 9.92. The topological polar surface area (TPSA) is 58.0 Å². The van der Waals surface area contributed by atoms with E-state index in [9.17, 15) is 9.00 Å². The van der Waals surface area contributed by atoms with Crippen LogP contribution in [0.5, 0.6) is 0 Å². The van der Waals surface area contributed by atoms with Crippen molar-refractivity contribution in [2.75, 3.05) is 6.26 Å². The normalized spacial score (nSPS) is 14.9. The van der Waals surface area contributed by atoms with Crippen LogP contribution in [0.1, 0.15) is 17.3 Å². The first-order valence-electron chi connectivity index (χ1n) is 3.76. The standard InChI is InChI=1S/C9H11NO2S/c1-7(11)8-4-3-5-9(6-8)13(2,10)12/h3-6,10H,1-2H3. The third-order valence-electron chi connectivity index (χ3n) is 1.69. The van der Waals surface area contributed by atoms with Gasteiger partial charge in [-0.3, -0.25) is 4.79 Å². The minimum absolute atomic E-state index is 0.0782. The van der Waals surface area contributed by atoms with E-state index >= 15 is 0 Å². The summed E-state index contributed by atoms with van der Waals surface area (Å²) in [5.74, 6) is -0.0782. The van der Waals surface area contributed by atoms with Crippen molar-refractivity contribution in [3.05, 3.63) is 29.8 Å². The van der Waals surface area contributed by atoms with Crippen LogP contribution in [-0.4, -0.2) is 16.2 Å². The van der Waals surface area contributed by atoms with Crippen molar-refractivity contribution in [1.82, 2.24) is 0 Å². The van der Waals surface area contributed by atoms with Gasteiger partial charge in [-0.2, -0.15) is 0 Å². The van der Waals surface area contributed by atoms with E-state index in [0.29, 0.717) is 10.5 Å². The molecule has 13 heavy (non-hydrogen) atoms. The van der Waals surface area contributed by atoms with Crippen LogP contribution < -0.4 is 0 Å². The second-order valence-corrected chi connectivity index (χ2v) is 5.09. The average molecular weight is 197 g/mol. The van der Waals surface area contributed by atoms with Crippen molar-refractivity contribution in [2.45, 2.75) is 11.8 Å². The Morgan fingerprint density at radius 3 is 2.54 bits per heavy atom. The van der Waals surface area contributed by atoms with Crippen molar-refractivity contribution in [3.63, 3.8) is 0 Å². The van der Waals surface area contributed by atoms with Crippen molar-refractivity contribution < 1.29 is 9.00 Å². The molecular weight excluding hydrogens is 186 g/mol. The Morgan fingerprint density at radius 1 is 1.46 bits per heavy atom. The SMILES string of the molecule is CC(=O)c1cccc(S(C)(=N)=O)c1. The van der Waals surface area contributed by atoms with Crippen LogP contribution in [0.3, 0.4) is 0 Å². The van der Waals surface area contributed by atoms with E-state index in [2.05, 4.69) is 0 Å². The van der Waals surface area contributed by atoms with Gasteiger partial charge in [0.2, 0.25) is 0 Å². The Morgan fingerprint density at radius 2 is 2.08 bits per heavy atom. The molecule has 4 heteroatoms. The van der Waals surface area contributed by atoms with Crippen molar-refractivity contribution in [3.8, 4) is 0 Å². The highest BCUT2D eigenvalue weighted by Crippen LogP contribution is 2.11. The van der Waals surface area contributed by atoms with Gasteiger partial charge in [-0.25, -0.2) is 8.99 Å². The Balaban J connectivity index is 3.29. The Kier molecular flexibility index (Phi) is 2.52. The van der Waals surface area contributed by atoms with Crippen LogP contribution in [0, 0.1) is 4.78 Å². The molecule has 0 aliphatic rings. The molecule has 1 unspecified atom stereocenters. The summed E-state index contributed by atoms with van der Waals surface area (Å²) < 4.78 is 18.6. The minimum atomic E-state index is -2.71. The summed E-state index contributed by atoms with van der Waals surface area (Å²) in [4.78, 5) is 11.4. The highest BCUT2D eigenvalue weighted by atomic mass is 32.2. The molecule has 0 aliphatic heterocycles. The van der Waals surface area contributed by atoms with Crippen LogP contribution in [0.2, 0.25) is 0 Å². The zero-order chi connectivity index (χ0) is 10.1. The third-order valence-corrected chi connectivity index (χ3v) is 2.84. The minimum Gasteiger partial charge on any atom is -0.295 e. The number of carbonyl (C=O) groups excluding carboxylic acids is 1. The lowest BCUT2D eigenvalue weighted by atomic mass is 10.2. The van der Waals surface area contributed by atoms with Crippen LogP contribution in [0.25, 0.3) is 0 Å². The molecular formula is C9H11NO2S. The second kappa shape index (κ2) is 3.30. The maximum absolute atomic E-state index is 11.3. The number of Topliss-reactive ketones (excluding diaryl/α,β-unsaturated/α-hetero) is 1. The molecule has 0 radical (unpaired) electrons. The molecule has 3 nitrogen and oxygen atoms in total. The number of hydrogen-bond donors (Lipinski definition) is 1. The summed E-state index contributed by atoms with van der Waals surface area (Å²) >= 11 is 0. The number of carbonyl (C=O) groups is 1. The molecule has 1 atom stereocenters. The van der Waals surface area contributed by atoms with Gasteiger partial charge in [0.1, 0.15) is 0 Å². The van der Waals surface area contributed by atoms with Gasteiger partial charge in [0.05, 0.1) is 9.73 Å². The molecule has 0 aliphatic carbocycles. The van der Waals surface area contributed by atoms with Gasteiger partial charge in [-0.05, 0) is 19.1 Å². The predicted molar refractivity (Wildman–Crippen MR) is 51.5 cm³/mol. The summed E-state index contributed by atoms with van der Waals surface area (Å²) in [6, 6.07) is 6.40. The summed E-state index contributed by atoms with van der Waals surface area (Å²) in [5.41, 5.74) is 0.499. The van der Waals surface area contributed by atoms with E-state index in [-0.39, 0.29) is 5.78 Å². The Labute approximate surface area is 77.8 Å². The maximum atomic E-state index is 11.3. The van der Waals surface area contributed by atoms with E-state index < -0.39 is 9.73 Å². The van der Waals surface area contributed by atoms with E-state index in [4.69, 9.17) is 4.78 Å². The molecule has 0 bridgehead atoms. The first-order valence-corrected chi connectivity index (χ1v) is 5.72. The molecule has 1 aromatic carbocycles. The zero-order valence-corrected chi connectivity index (χ0v) is 8.35. The molecule has 0 fully saturated rings. The van der Waals surface area contributed by atoms with Gasteiger partial charge < -0.3 is 0 Å². The third kappa shape index (κ3) is 2.39. The number of hydrogen-bond acceptors (Lipinski definition) is 3. The number of rotatable bonds is 2. The first-order chi connectivity index (χ1) is 5.91. The van der Waals surface area contributed by atoms with E-state index in [0.717, 1.165) is 0 Å². The van der Waals surface area contributed by atoms with Gasteiger partial charge in [-0.15, -0.1) is 0 Å². The van der Waals surface area contributed by atoms with Gasteiger partial charge in [0, 0.05) is 16.7 Å². The van der Waals surface area contributed by atoms with Gasteiger partial charge >= 0.3 is 0 Å². The van der Waals surface area contributed by atoms with E-state index in [1.165, 1.54) is 19.2 Å². The monoisotopic (exact) mass is 197 g/mol. The highest BCUT2D eigenvalue weighted by Gasteiger charge is 2.05. The smallest absolute Gasteiger partial charge is 0.159 e. The summed E-state index contributed by atoms with van der Waals surface area (Å²) in [6.45, 7) is 1.44. The molecule has 1 N–H and O–H groups in total. The van der Waals surface area contributed by atoms with E-state index in [1.54, 1.807) is 18.2 Å². The lowest BCUT2D eigenvalue weighted by Crippen LogP contribution is -1.98. The van der Waals surface area contributed by atoms with Gasteiger partial charge in [-0.1, -0.05) is 12.1 Å². The lowest BCUT2D eigenvalue weighted by molar-refractivity contribution is 0.101. The van der Waals surface area contributed by atoms with Crippen LogP contribution in [-0.2, 0) is 9.73 Å². The second-order valence-electron chi connectivity index (χ2n) is 2.93. The molecule has 0 spiro atoms. The zero-order valence-electron chi connectivity index (χ0n) is 7.53. The molecule has 0 aromatic heterocycles. The number of ketones is 1. The highest BCUT2D eigenvalue weighted by molar-refractivity contribution is 7.91. The van der Waals surface area contributed by atoms with Crippen molar-refractivity contribution >= 4 is 15.5 Å². The van der Waals surface area contributed by atoms with Crippen LogP contribution in [0.4, 0.5) is 0 Å². The van der Waals surface area contributed by atoms with Gasteiger partial charge in [0.15, 0.2) is 5.78 Å². The van der Waals surface area contributed by atoms with Crippen LogP contribution >= 0.6 is 0 Å². The number of benzene rings is 1. The predicted octanol–water partition coefficient (Wildman–Crippen LogP) is 1.92. The molecule has 0 saturated carbocycles. The largest absolute Gasteiger partial charge is 0.295 e. The number of nitrogens with one attached hydrogen (secondary N) is 1. The summed E-state index contributed by atoms with van der Waals surface area (Å²) in [5, 5.41) is 0. The Bertz CT molecular complexity index is 435. The molecule has 0 amide bonds. The van der Waals surface area contributed by atoms with Crippen LogP contribution in [0.15, 0.2) is 29.2 Å². The lowest BCUT2D eigenvalue weighted by Gasteiger charge is -2.02. The quantitative estimate of drug-likeness (QED) is 0.736. The van der Waals surface area contributed by atoms with Crippen molar-refractivity contribution in [2.24, 2.45) is 0 Å². The fourth-order valence-electron chi connectivity index (χ4n) is 0.957. The van der Waals surface area contributed by atoms with Crippen molar-refractivity contribution in [1.29, 1.82) is 4.78 Å². The fourth-order valence-corrected chi connectivity index (χ4v) is 1.65. The molecule has 0 saturated heterocycles. The Hall–Kier alpha value is -1.16. The van der Waals surface area contributed by atoms with Gasteiger partial charge in [0.25, 0.3) is 0 Å². The average Bonchev–Trinajstić information content (AvgIpc) is 2.03. The summed E-state index contributed by atoms with van der Waals surface area (Å²) in [7, 11) is -2.71. The van der Waals surface area contributed by atoms with E-state index in [1.807, 2.05) is 0 Å². The molecule has 0 heterocycles. The fraction of sp³-hybridized carbons (Fsp3) is 0.222.